The van der Waals surface area contributed by atoms with Gasteiger partial charge in [0, 0.05) is 89.8 Å². The summed E-state index contributed by atoms with van der Waals surface area (Å²) in [5.41, 5.74) is 0. The van der Waals surface area contributed by atoms with Gasteiger partial charge in [-0.2, -0.15) is 0 Å². The molecule has 49 valence electrons. The Morgan fingerprint density at radius 1 is 1.00 bits per heavy atom. The zero-order valence-corrected chi connectivity index (χ0v) is 9.04. The first kappa shape index (κ1) is 58.7. The van der Waals surface area contributed by atoms with Gasteiger partial charge in [-0.3, -0.25) is 0 Å². The molecule has 0 aromatic carbocycles. The average Bonchev–Trinajstić information content (AvgIpc) is 0. The van der Waals surface area contributed by atoms with Crippen molar-refractivity contribution in [2.45, 2.75) is 0 Å². The van der Waals surface area contributed by atoms with Crippen molar-refractivity contribution in [3.8, 4) is 0 Å². The topological polar surface area (TPSA) is 0 Å². The second-order valence-electron chi connectivity index (χ2n) is 0. The first-order valence-corrected chi connectivity index (χ1v) is 0. The summed E-state index contributed by atoms with van der Waals surface area (Å²) in [7, 11) is 0. The minimum absolute atomic E-state index is 0. The Kier molecular flexibility index (Phi) is 396. The van der Waals surface area contributed by atoms with E-state index in [1.807, 2.05) is 0 Å². The molecule has 6 heteroatoms. The summed E-state index contributed by atoms with van der Waals surface area (Å²) in [5.74, 6) is 0. The van der Waals surface area contributed by atoms with E-state index in [4.69, 9.17) is 0 Å². The largest absolute Gasteiger partial charge is 0.187 e. The van der Waals surface area contributed by atoms with Crippen molar-refractivity contribution < 1.29 is 89.8 Å². The standard InChI is InChI=1S/Al.Co.Cu.Fe.Ni.Ta.3H. The second-order valence-corrected chi connectivity index (χ2v) is 0. The van der Waals surface area contributed by atoms with Crippen molar-refractivity contribution >= 4 is 17.4 Å². The van der Waals surface area contributed by atoms with E-state index < -0.39 is 0 Å². The van der Waals surface area contributed by atoms with Crippen molar-refractivity contribution in [1.82, 2.24) is 0 Å². The maximum atomic E-state index is 0. The summed E-state index contributed by atoms with van der Waals surface area (Å²) in [5, 5.41) is 0. The van der Waals surface area contributed by atoms with Crippen LogP contribution in [0, 0.1) is 0 Å². The van der Waals surface area contributed by atoms with E-state index in [1.54, 1.807) is 0 Å². The van der Waals surface area contributed by atoms with Crippen LogP contribution < -0.4 is 0 Å². The third kappa shape index (κ3) is 26.6. The summed E-state index contributed by atoms with van der Waals surface area (Å²) >= 11 is 0. The molecule has 0 heterocycles. The monoisotopic (exact) mass is 447 g/mol. The van der Waals surface area contributed by atoms with Crippen molar-refractivity contribution in [3.05, 3.63) is 0 Å². The predicted molar refractivity (Wildman–Crippen MR) is 9.94 cm³/mol. The van der Waals surface area contributed by atoms with Gasteiger partial charge in [0.15, 0.2) is 17.4 Å². The smallest absolute Gasteiger partial charge is 0 e. The SMILES string of the molecule is [AlH3].[Co].[Cu].[Fe].[Ni].[Ta]. The molecule has 0 unspecified atom stereocenters. The average molecular weight is 448 g/mol. The molecule has 3 radical (unpaired) electrons. The fourth-order valence-corrected chi connectivity index (χ4v) is 0. The molecule has 0 rings (SSSR count). The first-order chi connectivity index (χ1) is 0. The molecule has 0 aromatic rings. The Bertz CT molecular complexity index is 15.5. The zero-order valence-electron chi connectivity index (χ0n) is 1.75. The zero-order chi connectivity index (χ0) is 0. The molecule has 0 N–H and O–H groups in total. The minimum Gasteiger partial charge on any atom is 0 e. The fraction of sp³-hybridized carbons (Fsp3) is 0. The van der Waals surface area contributed by atoms with Crippen LogP contribution in [0.3, 0.4) is 0 Å². The number of hydrogen-bond donors (Lipinski definition) is 0. The van der Waals surface area contributed by atoms with Gasteiger partial charge in [-0.15, -0.1) is 0 Å². The Morgan fingerprint density at radius 3 is 1.00 bits per heavy atom. The summed E-state index contributed by atoms with van der Waals surface area (Å²) in [6, 6.07) is 0. The fourth-order valence-electron chi connectivity index (χ4n) is 0. The molecule has 0 nitrogen and oxygen atoms in total. The van der Waals surface area contributed by atoms with E-state index >= 15 is 0 Å². The van der Waals surface area contributed by atoms with E-state index in [2.05, 4.69) is 0 Å². The van der Waals surface area contributed by atoms with Crippen molar-refractivity contribution in [1.29, 1.82) is 0 Å². The molecule has 0 spiro atoms. The van der Waals surface area contributed by atoms with Crippen LogP contribution in [0.2, 0.25) is 0 Å². The Labute approximate surface area is 105 Å². The Balaban J connectivity index is 0. The molecule has 0 fully saturated rings. The van der Waals surface area contributed by atoms with E-state index in [0.29, 0.717) is 0 Å². The van der Waals surface area contributed by atoms with Crippen LogP contribution >= 0.6 is 0 Å². The molecular weight excluding hydrogens is 445 g/mol. The van der Waals surface area contributed by atoms with E-state index in [9.17, 15) is 0 Å². The van der Waals surface area contributed by atoms with E-state index in [1.165, 1.54) is 0 Å². The summed E-state index contributed by atoms with van der Waals surface area (Å²) < 4.78 is 0. The molecule has 6 heavy (non-hydrogen) atoms. The predicted octanol–water partition coefficient (Wildman–Crippen LogP) is -1.20. The molecule has 0 saturated carbocycles. The van der Waals surface area contributed by atoms with Gasteiger partial charge in [-0.05, 0) is 0 Å². The molecule has 0 aliphatic heterocycles. The molecular formula is H3AlCoCuFeNiTa. The molecule has 0 saturated heterocycles. The molecule has 0 aliphatic carbocycles. The Hall–Kier alpha value is 3.31. The van der Waals surface area contributed by atoms with Gasteiger partial charge in [0.2, 0.25) is 0 Å². The van der Waals surface area contributed by atoms with Crippen molar-refractivity contribution in [3.63, 3.8) is 0 Å². The first-order valence-electron chi connectivity index (χ1n) is 0. The number of rotatable bonds is 0. The van der Waals surface area contributed by atoms with E-state index in [0.717, 1.165) is 0 Å². The van der Waals surface area contributed by atoms with Gasteiger partial charge in [-0.1, -0.05) is 0 Å². The molecule has 0 atom stereocenters. The maximum absolute atomic E-state index is 0. The van der Waals surface area contributed by atoms with Gasteiger partial charge in [0.25, 0.3) is 0 Å². The van der Waals surface area contributed by atoms with Gasteiger partial charge < -0.3 is 0 Å². The van der Waals surface area contributed by atoms with Gasteiger partial charge in [0.1, 0.15) is 0 Å². The van der Waals surface area contributed by atoms with Crippen LogP contribution in [0.15, 0.2) is 0 Å². The minimum atomic E-state index is 0. The third-order valence-electron chi connectivity index (χ3n) is 0. The van der Waals surface area contributed by atoms with Crippen LogP contribution in [-0.4, -0.2) is 17.4 Å². The summed E-state index contributed by atoms with van der Waals surface area (Å²) in [4.78, 5) is 0. The molecule has 0 bridgehead atoms. The summed E-state index contributed by atoms with van der Waals surface area (Å²) in [6.45, 7) is 0. The van der Waals surface area contributed by atoms with Gasteiger partial charge in [0.05, 0.1) is 0 Å². The normalized spacial score (nSPS) is 0. The van der Waals surface area contributed by atoms with Crippen LogP contribution in [0.4, 0.5) is 0 Å². The second kappa shape index (κ2) is 40.5. The van der Waals surface area contributed by atoms with Gasteiger partial charge >= 0.3 is 0 Å². The Morgan fingerprint density at radius 2 is 1.00 bits per heavy atom. The van der Waals surface area contributed by atoms with Crippen LogP contribution in [-0.2, 0) is 89.8 Å². The van der Waals surface area contributed by atoms with Crippen molar-refractivity contribution in [2.24, 2.45) is 0 Å². The van der Waals surface area contributed by atoms with Crippen LogP contribution in [0.25, 0.3) is 0 Å². The van der Waals surface area contributed by atoms with Gasteiger partial charge in [-0.25, -0.2) is 0 Å². The molecule has 0 amide bonds. The summed E-state index contributed by atoms with van der Waals surface area (Å²) in [6.07, 6.45) is 0. The number of hydrogen-bond acceptors (Lipinski definition) is 0. The third-order valence-corrected chi connectivity index (χ3v) is 0. The van der Waals surface area contributed by atoms with Crippen molar-refractivity contribution in [2.75, 3.05) is 0 Å². The van der Waals surface area contributed by atoms with Crippen LogP contribution in [0.1, 0.15) is 0 Å². The molecule has 0 aromatic heterocycles. The maximum Gasteiger partial charge on any atom is 0.187 e. The van der Waals surface area contributed by atoms with E-state index in [-0.39, 0.29) is 107 Å². The molecule has 0 aliphatic rings. The van der Waals surface area contributed by atoms with Crippen LogP contribution in [0.5, 0.6) is 0 Å². The quantitative estimate of drug-likeness (QED) is 0.409.